The maximum atomic E-state index is 12.0. The molecule has 0 aliphatic heterocycles. The molecular weight excluding hydrogens is 316 g/mol. The molecule has 6 nitrogen and oxygen atoms in total. The van der Waals surface area contributed by atoms with E-state index in [-0.39, 0.29) is 12.3 Å². The first-order valence-corrected chi connectivity index (χ1v) is 9.17. The third kappa shape index (κ3) is 7.49. The van der Waals surface area contributed by atoms with Crippen LogP contribution in [0.25, 0.3) is 0 Å². The highest BCUT2D eigenvalue weighted by atomic mass is 32.2. The van der Waals surface area contributed by atoms with Gasteiger partial charge in [-0.3, -0.25) is 0 Å². The molecule has 0 spiro atoms. The Hall–Kier alpha value is -1.57. The second kappa shape index (κ2) is 10.3. The van der Waals surface area contributed by atoms with E-state index in [1.165, 1.54) is 0 Å². The van der Waals surface area contributed by atoms with E-state index >= 15 is 0 Å². The van der Waals surface area contributed by atoms with Gasteiger partial charge in [0.25, 0.3) is 0 Å². The summed E-state index contributed by atoms with van der Waals surface area (Å²) in [4.78, 5) is 0. The molecule has 1 rings (SSSR count). The largest absolute Gasteiger partial charge is 0.497 e. The Morgan fingerprint density at radius 3 is 2.65 bits per heavy atom. The van der Waals surface area contributed by atoms with Crippen LogP contribution in [0, 0.1) is 0 Å². The summed E-state index contributed by atoms with van der Waals surface area (Å²) in [7, 11) is -0.197. The van der Waals surface area contributed by atoms with Gasteiger partial charge in [0, 0.05) is 18.2 Å². The molecule has 2 N–H and O–H groups in total. The molecule has 0 saturated carbocycles. The van der Waals surface area contributed by atoms with Crippen molar-refractivity contribution < 1.29 is 17.9 Å². The van der Waals surface area contributed by atoms with E-state index in [1.807, 2.05) is 6.08 Å². The molecule has 0 amide bonds. The molecule has 0 heterocycles. The van der Waals surface area contributed by atoms with Crippen LogP contribution in [0.15, 0.2) is 30.9 Å². The molecular formula is C16H26N2O4S. The van der Waals surface area contributed by atoms with Crippen molar-refractivity contribution in [1.29, 1.82) is 0 Å². The van der Waals surface area contributed by atoms with Crippen molar-refractivity contribution >= 4 is 10.0 Å². The summed E-state index contributed by atoms with van der Waals surface area (Å²) < 4.78 is 37.0. The smallest absolute Gasteiger partial charge is 0.211 e. The Balaban J connectivity index is 2.45. The van der Waals surface area contributed by atoms with Gasteiger partial charge in [-0.15, -0.1) is 6.58 Å². The molecule has 23 heavy (non-hydrogen) atoms. The second-order valence-corrected chi connectivity index (χ2v) is 6.93. The van der Waals surface area contributed by atoms with Gasteiger partial charge in [-0.25, -0.2) is 13.1 Å². The SMILES string of the molecule is C=CCCNCCCS(=O)(=O)NCc1ccc(OC)cc1OC. The van der Waals surface area contributed by atoms with Crippen LogP contribution in [0.1, 0.15) is 18.4 Å². The topological polar surface area (TPSA) is 76.7 Å². The fourth-order valence-electron chi connectivity index (χ4n) is 1.97. The summed E-state index contributed by atoms with van der Waals surface area (Å²) in [5.41, 5.74) is 0.765. The number of benzene rings is 1. The van der Waals surface area contributed by atoms with Crippen LogP contribution >= 0.6 is 0 Å². The summed E-state index contributed by atoms with van der Waals surface area (Å²) >= 11 is 0. The van der Waals surface area contributed by atoms with Crippen LogP contribution < -0.4 is 19.5 Å². The minimum atomic E-state index is -3.31. The van der Waals surface area contributed by atoms with Crippen LogP contribution in [0.3, 0.4) is 0 Å². The molecule has 130 valence electrons. The monoisotopic (exact) mass is 342 g/mol. The molecule has 0 radical (unpaired) electrons. The maximum Gasteiger partial charge on any atom is 0.211 e. The summed E-state index contributed by atoms with van der Waals surface area (Å²) in [6.45, 7) is 5.31. The highest BCUT2D eigenvalue weighted by Gasteiger charge is 2.12. The lowest BCUT2D eigenvalue weighted by atomic mass is 10.2. The Bertz CT molecular complexity index is 588. The van der Waals surface area contributed by atoms with Gasteiger partial charge >= 0.3 is 0 Å². The molecule has 0 aliphatic rings. The van der Waals surface area contributed by atoms with E-state index in [9.17, 15) is 8.42 Å². The van der Waals surface area contributed by atoms with Crippen molar-refractivity contribution in [2.24, 2.45) is 0 Å². The highest BCUT2D eigenvalue weighted by Crippen LogP contribution is 2.24. The van der Waals surface area contributed by atoms with E-state index in [4.69, 9.17) is 9.47 Å². The van der Waals surface area contributed by atoms with Gasteiger partial charge in [-0.1, -0.05) is 12.1 Å². The zero-order chi connectivity index (χ0) is 17.1. The molecule has 0 unspecified atom stereocenters. The van der Waals surface area contributed by atoms with E-state index in [0.29, 0.717) is 24.5 Å². The average Bonchev–Trinajstić information content (AvgIpc) is 2.56. The zero-order valence-electron chi connectivity index (χ0n) is 13.8. The first-order chi connectivity index (χ1) is 11.0. The third-order valence-corrected chi connectivity index (χ3v) is 4.68. The Labute approximate surface area is 138 Å². The van der Waals surface area contributed by atoms with Gasteiger partial charge in [0.15, 0.2) is 0 Å². The molecule has 0 bridgehead atoms. The standard InChI is InChI=1S/C16H26N2O4S/c1-4-5-9-17-10-6-11-23(19,20)18-13-14-7-8-15(21-2)12-16(14)22-3/h4,7-8,12,17-18H,1,5-6,9-11,13H2,2-3H3. The lowest BCUT2D eigenvalue weighted by Gasteiger charge is -2.12. The maximum absolute atomic E-state index is 12.0. The van der Waals surface area contributed by atoms with E-state index in [1.54, 1.807) is 32.4 Å². The predicted octanol–water partition coefficient (Wildman–Crippen LogP) is 1.68. The first kappa shape index (κ1) is 19.5. The second-order valence-electron chi connectivity index (χ2n) is 5.00. The summed E-state index contributed by atoms with van der Waals surface area (Å²) in [5.74, 6) is 1.35. The van der Waals surface area contributed by atoms with Gasteiger partial charge in [-0.05, 0) is 32.0 Å². The van der Waals surface area contributed by atoms with E-state index in [2.05, 4.69) is 16.6 Å². The lowest BCUT2D eigenvalue weighted by Crippen LogP contribution is -2.28. The molecule has 0 aromatic heterocycles. The first-order valence-electron chi connectivity index (χ1n) is 7.52. The van der Waals surface area contributed by atoms with Crippen molar-refractivity contribution in [3.05, 3.63) is 36.4 Å². The van der Waals surface area contributed by atoms with Gasteiger partial charge in [0.1, 0.15) is 11.5 Å². The number of methoxy groups -OCH3 is 2. The summed E-state index contributed by atoms with van der Waals surface area (Å²) in [5, 5.41) is 3.17. The Morgan fingerprint density at radius 2 is 2.00 bits per heavy atom. The number of hydrogen-bond acceptors (Lipinski definition) is 5. The molecule has 7 heteroatoms. The van der Waals surface area contributed by atoms with E-state index in [0.717, 1.165) is 18.5 Å². The fourth-order valence-corrected chi connectivity index (χ4v) is 3.02. The van der Waals surface area contributed by atoms with Crippen LogP contribution in [0.4, 0.5) is 0 Å². The minimum absolute atomic E-state index is 0.0898. The van der Waals surface area contributed by atoms with Gasteiger partial charge in [-0.2, -0.15) is 0 Å². The Morgan fingerprint density at radius 1 is 1.22 bits per heavy atom. The number of ether oxygens (including phenoxy) is 2. The number of nitrogens with one attached hydrogen (secondary N) is 2. The van der Waals surface area contributed by atoms with Gasteiger partial charge in [0.05, 0.1) is 20.0 Å². The number of rotatable bonds is 12. The van der Waals surface area contributed by atoms with Crippen LogP contribution in [0.5, 0.6) is 11.5 Å². The lowest BCUT2D eigenvalue weighted by molar-refractivity contribution is 0.390. The molecule has 1 aromatic rings. The molecule has 0 fully saturated rings. The molecule has 0 saturated heterocycles. The highest BCUT2D eigenvalue weighted by molar-refractivity contribution is 7.89. The third-order valence-electron chi connectivity index (χ3n) is 3.27. The van der Waals surface area contributed by atoms with Crippen LogP contribution in [0.2, 0.25) is 0 Å². The molecule has 0 atom stereocenters. The minimum Gasteiger partial charge on any atom is -0.497 e. The molecule has 0 aliphatic carbocycles. The average molecular weight is 342 g/mol. The van der Waals surface area contributed by atoms with Crippen molar-refractivity contribution in [2.45, 2.75) is 19.4 Å². The predicted molar refractivity (Wildman–Crippen MR) is 92.5 cm³/mol. The van der Waals surface area contributed by atoms with E-state index < -0.39 is 10.0 Å². The quantitative estimate of drug-likeness (QED) is 0.446. The van der Waals surface area contributed by atoms with Gasteiger partial charge < -0.3 is 14.8 Å². The van der Waals surface area contributed by atoms with Crippen LogP contribution in [-0.2, 0) is 16.6 Å². The normalized spacial score (nSPS) is 11.2. The fraction of sp³-hybridized carbons (Fsp3) is 0.500. The zero-order valence-corrected chi connectivity index (χ0v) is 14.6. The summed E-state index contributed by atoms with van der Waals surface area (Å²) in [6.07, 6.45) is 3.27. The number of sulfonamides is 1. The summed E-state index contributed by atoms with van der Waals surface area (Å²) in [6, 6.07) is 5.29. The van der Waals surface area contributed by atoms with Crippen molar-refractivity contribution in [3.63, 3.8) is 0 Å². The van der Waals surface area contributed by atoms with Gasteiger partial charge in [0.2, 0.25) is 10.0 Å². The van der Waals surface area contributed by atoms with Crippen molar-refractivity contribution in [3.8, 4) is 11.5 Å². The van der Waals surface area contributed by atoms with Crippen LogP contribution in [-0.4, -0.2) is 41.5 Å². The number of hydrogen-bond donors (Lipinski definition) is 2. The Kier molecular flexibility index (Phi) is 8.68. The van der Waals surface area contributed by atoms with Crippen molar-refractivity contribution in [1.82, 2.24) is 10.0 Å². The molecule has 1 aromatic carbocycles. The van der Waals surface area contributed by atoms with Crippen molar-refractivity contribution in [2.75, 3.05) is 33.1 Å².